The average Bonchev–Trinajstić information content (AvgIpc) is 2.58. The van der Waals surface area contributed by atoms with Gasteiger partial charge in [-0.3, -0.25) is 0 Å². The molecule has 2 aromatic rings. The van der Waals surface area contributed by atoms with Gasteiger partial charge < -0.3 is 15.7 Å². The fraction of sp³-hybridized carbons (Fsp3) is 0.375. The van der Waals surface area contributed by atoms with E-state index in [0.29, 0.717) is 18.2 Å². The number of benzene rings is 1. The Morgan fingerprint density at radius 3 is 2.26 bits per heavy atom. The van der Waals surface area contributed by atoms with E-state index in [0.717, 1.165) is 0 Å². The molecule has 0 bridgehead atoms. The number of anilines is 3. The first-order valence-electron chi connectivity index (χ1n) is 7.77. The molecule has 0 spiro atoms. The van der Waals surface area contributed by atoms with Crippen molar-refractivity contribution in [2.24, 2.45) is 5.92 Å². The Labute approximate surface area is 150 Å². The summed E-state index contributed by atoms with van der Waals surface area (Å²) in [6.45, 7) is 3.00. The molecule has 27 heavy (non-hydrogen) atoms. The normalized spacial score (nSPS) is 13.0. The smallest absolute Gasteiger partial charge is 0.394 e. The van der Waals surface area contributed by atoms with Gasteiger partial charge in [-0.2, -0.15) is 18.2 Å². The summed E-state index contributed by atoms with van der Waals surface area (Å²) in [5, 5.41) is 13.8. The van der Waals surface area contributed by atoms with Crippen LogP contribution in [0, 0.1) is 23.4 Å². The molecule has 0 saturated carbocycles. The largest absolute Gasteiger partial charge is 0.433 e. The Morgan fingerprint density at radius 1 is 1.07 bits per heavy atom. The third-order valence-electron chi connectivity index (χ3n) is 3.63. The molecule has 1 aromatic heterocycles. The van der Waals surface area contributed by atoms with Gasteiger partial charge in [0.1, 0.15) is 17.3 Å². The predicted molar refractivity (Wildman–Crippen MR) is 86.0 cm³/mol. The number of nitrogens with zero attached hydrogens (tertiary/aromatic N) is 2. The van der Waals surface area contributed by atoms with Crippen molar-refractivity contribution in [3.05, 3.63) is 41.3 Å². The molecule has 3 N–H and O–H groups in total. The number of aromatic nitrogens is 2. The van der Waals surface area contributed by atoms with Crippen molar-refractivity contribution in [1.82, 2.24) is 9.97 Å². The second kappa shape index (κ2) is 7.99. The van der Waals surface area contributed by atoms with Crippen LogP contribution < -0.4 is 10.6 Å². The van der Waals surface area contributed by atoms with Crippen molar-refractivity contribution in [3.8, 4) is 0 Å². The second-order valence-electron chi connectivity index (χ2n) is 5.98. The maximum absolute atomic E-state index is 13.8. The van der Waals surface area contributed by atoms with Crippen molar-refractivity contribution in [2.75, 3.05) is 17.2 Å². The summed E-state index contributed by atoms with van der Waals surface area (Å²) in [6, 6.07) is 0.923. The zero-order valence-electron chi connectivity index (χ0n) is 14.2. The van der Waals surface area contributed by atoms with Gasteiger partial charge >= 0.3 is 6.18 Å². The fourth-order valence-corrected chi connectivity index (χ4v) is 2.08. The highest BCUT2D eigenvalue weighted by atomic mass is 19.4. The number of rotatable bonds is 6. The summed E-state index contributed by atoms with van der Waals surface area (Å²) in [4.78, 5) is 7.04. The van der Waals surface area contributed by atoms with Gasteiger partial charge in [-0.05, 0) is 18.1 Å². The lowest BCUT2D eigenvalue weighted by Crippen LogP contribution is -2.30. The van der Waals surface area contributed by atoms with Crippen LogP contribution in [0.25, 0.3) is 0 Å². The van der Waals surface area contributed by atoms with Crippen LogP contribution in [0.1, 0.15) is 19.5 Å². The first kappa shape index (κ1) is 20.7. The Morgan fingerprint density at radius 2 is 1.70 bits per heavy atom. The van der Waals surface area contributed by atoms with Crippen molar-refractivity contribution in [3.63, 3.8) is 0 Å². The standard InChI is InChI=1S/C16H16F6N4O/c1-7(2)10(6-27)23-15-24-11(16(20,21)22)5-12(26-15)25-14-9(18)4-3-8(17)13(14)19/h3-5,7,10,27H,6H2,1-2H3,(H2,23,24,25,26)/t10-/m0/s1. The zero-order valence-corrected chi connectivity index (χ0v) is 14.2. The Kier molecular flexibility index (Phi) is 6.14. The first-order valence-corrected chi connectivity index (χ1v) is 7.77. The Hall–Kier alpha value is -2.56. The topological polar surface area (TPSA) is 70.1 Å². The molecule has 5 nitrogen and oxygen atoms in total. The molecule has 0 aliphatic rings. The van der Waals surface area contributed by atoms with Crippen molar-refractivity contribution >= 4 is 17.5 Å². The van der Waals surface area contributed by atoms with Crippen molar-refractivity contribution < 1.29 is 31.4 Å². The number of aliphatic hydroxyl groups excluding tert-OH is 1. The highest BCUT2D eigenvalue weighted by molar-refractivity contribution is 5.59. The number of hydrogen-bond acceptors (Lipinski definition) is 5. The lowest BCUT2D eigenvalue weighted by molar-refractivity contribution is -0.141. The molecule has 0 radical (unpaired) electrons. The minimum absolute atomic E-state index is 0.178. The van der Waals surface area contributed by atoms with Crippen LogP contribution in [-0.2, 0) is 6.18 Å². The van der Waals surface area contributed by atoms with Crippen molar-refractivity contribution in [1.29, 1.82) is 0 Å². The molecule has 11 heteroatoms. The van der Waals surface area contributed by atoms with Crippen LogP contribution in [0.4, 0.5) is 43.8 Å². The lowest BCUT2D eigenvalue weighted by Gasteiger charge is -2.21. The molecule has 0 saturated heterocycles. The summed E-state index contributed by atoms with van der Waals surface area (Å²) < 4.78 is 80.0. The zero-order chi connectivity index (χ0) is 20.4. The molecule has 0 aliphatic carbocycles. The highest BCUT2D eigenvalue weighted by Gasteiger charge is 2.34. The summed E-state index contributed by atoms with van der Waals surface area (Å²) in [5.74, 6) is -5.51. The molecule has 2 rings (SSSR count). The van der Waals surface area contributed by atoms with E-state index in [-0.39, 0.29) is 5.92 Å². The van der Waals surface area contributed by atoms with E-state index in [4.69, 9.17) is 0 Å². The summed E-state index contributed by atoms with van der Waals surface area (Å²) in [7, 11) is 0. The molecule has 1 aromatic carbocycles. The van der Waals surface area contributed by atoms with Crippen LogP contribution in [0.3, 0.4) is 0 Å². The van der Waals surface area contributed by atoms with Gasteiger partial charge in [0.05, 0.1) is 12.6 Å². The SMILES string of the molecule is CC(C)[C@H](CO)Nc1nc(Nc2c(F)ccc(F)c2F)cc(C(F)(F)F)n1. The molecule has 1 heterocycles. The van der Waals surface area contributed by atoms with Gasteiger partial charge in [0, 0.05) is 6.07 Å². The summed E-state index contributed by atoms with van der Waals surface area (Å²) in [6.07, 6.45) is -4.87. The van der Waals surface area contributed by atoms with Crippen LogP contribution in [0.15, 0.2) is 18.2 Å². The second-order valence-corrected chi connectivity index (χ2v) is 5.98. The third kappa shape index (κ3) is 5.00. The number of halogens is 6. The minimum atomic E-state index is -4.87. The van der Waals surface area contributed by atoms with Gasteiger partial charge in [0.25, 0.3) is 0 Å². The van der Waals surface area contributed by atoms with Gasteiger partial charge in [0.2, 0.25) is 5.95 Å². The van der Waals surface area contributed by atoms with Crippen LogP contribution in [-0.4, -0.2) is 27.7 Å². The predicted octanol–water partition coefficient (Wildman–Crippen LogP) is 4.09. The maximum Gasteiger partial charge on any atom is 0.433 e. The van der Waals surface area contributed by atoms with Crippen LogP contribution >= 0.6 is 0 Å². The molecule has 0 fully saturated rings. The van der Waals surface area contributed by atoms with E-state index in [1.165, 1.54) is 0 Å². The number of hydrogen-bond donors (Lipinski definition) is 3. The quantitative estimate of drug-likeness (QED) is 0.509. The van der Waals surface area contributed by atoms with Crippen molar-refractivity contribution in [2.45, 2.75) is 26.1 Å². The van der Waals surface area contributed by atoms with Gasteiger partial charge in [-0.1, -0.05) is 13.8 Å². The van der Waals surface area contributed by atoms with Crippen LogP contribution in [0.5, 0.6) is 0 Å². The van der Waals surface area contributed by atoms with E-state index in [1.54, 1.807) is 13.8 Å². The Balaban J connectivity index is 2.47. The first-order chi connectivity index (χ1) is 12.5. The lowest BCUT2D eigenvalue weighted by atomic mass is 10.1. The van der Waals surface area contributed by atoms with Crippen LogP contribution in [0.2, 0.25) is 0 Å². The minimum Gasteiger partial charge on any atom is -0.394 e. The molecule has 0 unspecified atom stereocenters. The molecular weight excluding hydrogens is 378 g/mol. The van der Waals surface area contributed by atoms with E-state index >= 15 is 0 Å². The summed E-state index contributed by atoms with van der Waals surface area (Å²) >= 11 is 0. The molecular formula is C16H16F6N4O. The molecule has 148 valence electrons. The number of aliphatic hydroxyl groups is 1. The van der Waals surface area contributed by atoms with E-state index in [2.05, 4.69) is 15.3 Å². The molecule has 0 amide bonds. The molecule has 0 aliphatic heterocycles. The Bertz CT molecular complexity index is 812. The fourth-order valence-electron chi connectivity index (χ4n) is 2.08. The monoisotopic (exact) mass is 394 g/mol. The maximum atomic E-state index is 13.8. The van der Waals surface area contributed by atoms with Gasteiger partial charge in [-0.25, -0.2) is 18.2 Å². The van der Waals surface area contributed by atoms with Gasteiger partial charge in [-0.15, -0.1) is 0 Å². The number of nitrogens with one attached hydrogen (secondary N) is 2. The summed E-state index contributed by atoms with van der Waals surface area (Å²) in [5.41, 5.74) is -2.38. The third-order valence-corrected chi connectivity index (χ3v) is 3.63. The molecule has 1 atom stereocenters. The van der Waals surface area contributed by atoms with E-state index in [1.807, 2.05) is 5.32 Å². The van der Waals surface area contributed by atoms with E-state index in [9.17, 15) is 31.4 Å². The van der Waals surface area contributed by atoms with E-state index < -0.39 is 59.4 Å². The number of alkyl halides is 3. The van der Waals surface area contributed by atoms with Gasteiger partial charge in [0.15, 0.2) is 17.3 Å². The average molecular weight is 394 g/mol. The highest BCUT2D eigenvalue weighted by Crippen LogP contribution is 2.32.